The van der Waals surface area contributed by atoms with E-state index in [1.807, 2.05) is 0 Å². The summed E-state index contributed by atoms with van der Waals surface area (Å²) in [5, 5.41) is 10.7. The summed E-state index contributed by atoms with van der Waals surface area (Å²) in [6, 6.07) is 1.76. The first-order valence-electron chi connectivity index (χ1n) is 5.65. The molecule has 0 unspecified atom stereocenters. The van der Waals surface area contributed by atoms with Crippen LogP contribution in [0.25, 0.3) is 5.95 Å². The van der Waals surface area contributed by atoms with Gasteiger partial charge in [-0.1, -0.05) is 5.16 Å². The molecule has 102 valence electrons. The minimum atomic E-state index is 0.0645. The second kappa shape index (κ2) is 5.21. The average molecular weight is 293 g/mol. The average Bonchev–Trinajstić information content (AvgIpc) is 3.07. The number of aromatic nitrogens is 7. The Morgan fingerprint density at radius 2 is 2.20 bits per heavy atom. The fourth-order valence-electron chi connectivity index (χ4n) is 1.47. The molecule has 10 heteroatoms. The smallest absolute Gasteiger partial charge is 0.256 e. The van der Waals surface area contributed by atoms with E-state index in [9.17, 15) is 0 Å². The summed E-state index contributed by atoms with van der Waals surface area (Å²) in [6.07, 6.45) is 3.32. The van der Waals surface area contributed by atoms with Crippen LogP contribution in [-0.2, 0) is 6.54 Å². The Morgan fingerprint density at radius 3 is 2.90 bits per heavy atom. The molecular formula is C10H9ClN8O. The van der Waals surface area contributed by atoms with Crippen molar-refractivity contribution in [3.8, 4) is 5.95 Å². The molecular weight excluding hydrogens is 284 g/mol. The topological polar surface area (TPSA) is 107 Å². The van der Waals surface area contributed by atoms with Gasteiger partial charge in [-0.3, -0.25) is 0 Å². The second-order valence-corrected chi connectivity index (χ2v) is 4.11. The highest BCUT2D eigenvalue weighted by atomic mass is 35.5. The molecule has 0 aliphatic heterocycles. The zero-order chi connectivity index (χ0) is 13.9. The third-order valence-corrected chi connectivity index (χ3v) is 2.44. The van der Waals surface area contributed by atoms with Gasteiger partial charge in [-0.25, -0.2) is 4.68 Å². The van der Waals surface area contributed by atoms with Gasteiger partial charge in [0.25, 0.3) is 5.95 Å². The van der Waals surface area contributed by atoms with E-state index in [-0.39, 0.29) is 5.28 Å². The molecule has 0 aliphatic rings. The first-order valence-corrected chi connectivity index (χ1v) is 6.03. The van der Waals surface area contributed by atoms with Crippen molar-refractivity contribution in [2.75, 3.05) is 5.32 Å². The molecule has 20 heavy (non-hydrogen) atoms. The van der Waals surface area contributed by atoms with Crippen LogP contribution in [0.15, 0.2) is 23.0 Å². The molecule has 3 rings (SSSR count). The monoisotopic (exact) mass is 292 g/mol. The van der Waals surface area contributed by atoms with E-state index >= 15 is 0 Å². The molecule has 0 bridgehead atoms. The number of aryl methyl sites for hydroxylation is 1. The van der Waals surface area contributed by atoms with Crippen molar-refractivity contribution in [2.24, 2.45) is 0 Å². The highest BCUT2D eigenvalue weighted by molar-refractivity contribution is 6.28. The van der Waals surface area contributed by atoms with Crippen LogP contribution in [0.5, 0.6) is 0 Å². The van der Waals surface area contributed by atoms with Crippen molar-refractivity contribution < 1.29 is 4.52 Å². The summed E-state index contributed by atoms with van der Waals surface area (Å²) in [5.41, 5.74) is 0. The molecule has 9 nitrogen and oxygen atoms in total. The van der Waals surface area contributed by atoms with Crippen molar-refractivity contribution in [1.82, 2.24) is 34.9 Å². The van der Waals surface area contributed by atoms with Gasteiger partial charge in [0.05, 0.1) is 6.54 Å². The molecule has 0 aromatic carbocycles. The zero-order valence-electron chi connectivity index (χ0n) is 10.4. The summed E-state index contributed by atoms with van der Waals surface area (Å²) in [5.74, 6) is 1.61. The van der Waals surface area contributed by atoms with Gasteiger partial charge in [0, 0.05) is 12.4 Å². The van der Waals surface area contributed by atoms with Crippen molar-refractivity contribution in [1.29, 1.82) is 0 Å². The van der Waals surface area contributed by atoms with Crippen LogP contribution in [-0.4, -0.2) is 34.9 Å². The van der Waals surface area contributed by atoms with E-state index in [1.54, 1.807) is 25.4 Å². The van der Waals surface area contributed by atoms with E-state index in [1.165, 1.54) is 4.68 Å². The first-order chi connectivity index (χ1) is 9.70. The van der Waals surface area contributed by atoms with E-state index in [2.05, 4.69) is 35.5 Å². The molecule has 3 aromatic rings. The van der Waals surface area contributed by atoms with Crippen LogP contribution < -0.4 is 5.32 Å². The molecule has 0 fully saturated rings. The summed E-state index contributed by atoms with van der Waals surface area (Å²) in [7, 11) is 0. The van der Waals surface area contributed by atoms with Crippen LogP contribution in [0.3, 0.4) is 0 Å². The maximum atomic E-state index is 5.86. The third kappa shape index (κ3) is 2.72. The largest absolute Gasteiger partial charge is 0.345 e. The maximum Gasteiger partial charge on any atom is 0.256 e. The predicted molar refractivity (Wildman–Crippen MR) is 68.3 cm³/mol. The van der Waals surface area contributed by atoms with Gasteiger partial charge < -0.3 is 9.84 Å². The lowest BCUT2D eigenvalue weighted by Crippen LogP contribution is -2.09. The Balaban J connectivity index is 1.79. The molecule has 3 aromatic heterocycles. The van der Waals surface area contributed by atoms with Crippen molar-refractivity contribution in [2.45, 2.75) is 13.5 Å². The Morgan fingerprint density at radius 1 is 1.30 bits per heavy atom. The van der Waals surface area contributed by atoms with E-state index in [4.69, 9.17) is 16.1 Å². The van der Waals surface area contributed by atoms with Gasteiger partial charge in [-0.15, -0.1) is 0 Å². The molecule has 3 heterocycles. The summed E-state index contributed by atoms with van der Waals surface area (Å²) >= 11 is 5.86. The third-order valence-electron chi connectivity index (χ3n) is 2.27. The molecule has 0 amide bonds. The number of nitrogens with zero attached hydrogens (tertiary/aromatic N) is 7. The Kier molecular flexibility index (Phi) is 3.25. The number of hydrogen-bond donors (Lipinski definition) is 1. The number of rotatable bonds is 4. The van der Waals surface area contributed by atoms with Gasteiger partial charge in [0.2, 0.25) is 17.1 Å². The van der Waals surface area contributed by atoms with Gasteiger partial charge in [-0.2, -0.15) is 25.0 Å². The number of anilines is 1. The highest BCUT2D eigenvalue weighted by Gasteiger charge is 2.08. The van der Waals surface area contributed by atoms with Crippen molar-refractivity contribution in [3.63, 3.8) is 0 Å². The molecule has 0 spiro atoms. The minimum absolute atomic E-state index is 0.0645. The Hall–Kier alpha value is -2.55. The normalized spacial score (nSPS) is 10.7. The highest BCUT2D eigenvalue weighted by Crippen LogP contribution is 2.09. The van der Waals surface area contributed by atoms with E-state index < -0.39 is 0 Å². The lowest BCUT2D eigenvalue weighted by molar-refractivity contribution is 0.379. The van der Waals surface area contributed by atoms with Crippen LogP contribution in [0.1, 0.15) is 11.7 Å². The second-order valence-electron chi connectivity index (χ2n) is 3.77. The molecule has 0 radical (unpaired) electrons. The maximum absolute atomic E-state index is 5.86. The van der Waals surface area contributed by atoms with Crippen LogP contribution >= 0.6 is 11.6 Å². The molecule has 1 N–H and O–H groups in total. The fourth-order valence-corrected chi connectivity index (χ4v) is 1.63. The number of nitrogens with one attached hydrogen (secondary N) is 1. The quantitative estimate of drug-likeness (QED) is 0.759. The zero-order valence-corrected chi connectivity index (χ0v) is 11.1. The van der Waals surface area contributed by atoms with Crippen LogP contribution in [0, 0.1) is 6.92 Å². The summed E-state index contributed by atoms with van der Waals surface area (Å²) in [4.78, 5) is 16.2. The van der Waals surface area contributed by atoms with Crippen LogP contribution in [0.2, 0.25) is 5.28 Å². The van der Waals surface area contributed by atoms with E-state index in [0.29, 0.717) is 30.2 Å². The SMILES string of the molecule is Cc1noc(CNc2nc(Cl)nc(-n3cccn3)n2)n1. The van der Waals surface area contributed by atoms with Gasteiger partial charge in [0.1, 0.15) is 0 Å². The van der Waals surface area contributed by atoms with Gasteiger partial charge >= 0.3 is 0 Å². The van der Waals surface area contributed by atoms with Gasteiger partial charge in [-0.05, 0) is 24.6 Å². The summed E-state index contributed by atoms with van der Waals surface area (Å²) < 4.78 is 6.46. The summed E-state index contributed by atoms with van der Waals surface area (Å²) in [6.45, 7) is 2.03. The number of hydrogen-bond acceptors (Lipinski definition) is 8. The first kappa shape index (κ1) is 12.5. The fraction of sp³-hybridized carbons (Fsp3) is 0.200. The molecule has 0 aliphatic carbocycles. The lowest BCUT2D eigenvalue weighted by atomic mass is 10.6. The van der Waals surface area contributed by atoms with Crippen molar-refractivity contribution in [3.05, 3.63) is 35.5 Å². The Bertz CT molecular complexity index is 710. The Labute approximate surface area is 118 Å². The standard InChI is InChI=1S/C10H9ClN8O/c1-6-14-7(20-18-6)5-12-9-15-8(11)16-10(17-9)19-4-2-3-13-19/h2-4H,5H2,1H3,(H,12,15,16,17). The van der Waals surface area contributed by atoms with Crippen molar-refractivity contribution >= 4 is 17.5 Å². The lowest BCUT2D eigenvalue weighted by Gasteiger charge is -2.04. The predicted octanol–water partition coefficient (Wildman–Crippen LogP) is 1.01. The van der Waals surface area contributed by atoms with Gasteiger partial charge in [0.15, 0.2) is 5.82 Å². The van der Waals surface area contributed by atoms with Crippen LogP contribution in [0.4, 0.5) is 5.95 Å². The number of halogens is 1. The molecule has 0 atom stereocenters. The molecule has 0 saturated heterocycles. The van der Waals surface area contributed by atoms with E-state index in [0.717, 1.165) is 0 Å². The minimum Gasteiger partial charge on any atom is -0.345 e. The molecule has 0 saturated carbocycles.